The Balaban J connectivity index is 2.08. The zero-order valence-corrected chi connectivity index (χ0v) is 10.3. The smallest absolute Gasteiger partial charge is 0.252 e. The Morgan fingerprint density at radius 3 is 2.72 bits per heavy atom. The second kappa shape index (κ2) is 6.19. The summed E-state index contributed by atoms with van der Waals surface area (Å²) >= 11 is 0. The molecule has 1 aliphatic rings. The fourth-order valence-corrected chi connectivity index (χ4v) is 2.39. The molecule has 0 heterocycles. The normalized spacial score (nSPS) is 16.9. The molecular formula is C14H18N2O2. The van der Waals surface area contributed by atoms with Crippen LogP contribution in [-0.4, -0.2) is 23.4 Å². The van der Waals surface area contributed by atoms with Gasteiger partial charge in [0.05, 0.1) is 6.21 Å². The fraction of sp³-hybridized carbons (Fsp3) is 0.429. The van der Waals surface area contributed by atoms with E-state index in [-0.39, 0.29) is 11.9 Å². The Morgan fingerprint density at radius 1 is 1.28 bits per heavy atom. The van der Waals surface area contributed by atoms with Crippen molar-refractivity contribution < 1.29 is 10.0 Å². The molecule has 2 N–H and O–H groups in total. The highest BCUT2D eigenvalue weighted by molar-refractivity contribution is 6.02. The molecule has 1 aliphatic carbocycles. The highest BCUT2D eigenvalue weighted by Gasteiger charge is 2.17. The van der Waals surface area contributed by atoms with Crippen LogP contribution < -0.4 is 5.32 Å². The first-order valence-corrected chi connectivity index (χ1v) is 6.38. The molecule has 1 aromatic carbocycles. The van der Waals surface area contributed by atoms with E-state index in [4.69, 9.17) is 5.21 Å². The number of carbonyl (C=O) groups excluding carboxylic acids is 1. The van der Waals surface area contributed by atoms with Crippen molar-refractivity contribution in [1.82, 2.24) is 5.32 Å². The molecule has 0 saturated heterocycles. The van der Waals surface area contributed by atoms with Crippen molar-refractivity contribution in [2.75, 3.05) is 0 Å². The van der Waals surface area contributed by atoms with Crippen molar-refractivity contribution in [2.45, 2.75) is 38.1 Å². The first kappa shape index (κ1) is 12.6. The number of benzene rings is 1. The number of nitrogens with zero attached hydrogens (tertiary/aromatic N) is 1. The predicted octanol–water partition coefficient (Wildman–Crippen LogP) is 2.56. The standard InChI is InChI=1S/C14H18N2O2/c17-14(16-12-7-2-1-3-8-12)13-9-5-4-6-11(13)10-15-18/h4-6,9-10,12,18H,1-3,7-8H2,(H,16,17). The summed E-state index contributed by atoms with van der Waals surface area (Å²) in [6.07, 6.45) is 7.04. The monoisotopic (exact) mass is 246 g/mol. The van der Waals surface area contributed by atoms with Crippen LogP contribution >= 0.6 is 0 Å². The molecule has 18 heavy (non-hydrogen) atoms. The highest BCUT2D eigenvalue weighted by atomic mass is 16.4. The third-order valence-corrected chi connectivity index (χ3v) is 3.34. The van der Waals surface area contributed by atoms with E-state index in [2.05, 4.69) is 10.5 Å². The van der Waals surface area contributed by atoms with Crippen LogP contribution in [0.3, 0.4) is 0 Å². The van der Waals surface area contributed by atoms with Gasteiger partial charge in [-0.05, 0) is 18.9 Å². The van der Waals surface area contributed by atoms with E-state index in [0.717, 1.165) is 12.8 Å². The van der Waals surface area contributed by atoms with Crippen molar-refractivity contribution in [3.05, 3.63) is 35.4 Å². The molecule has 1 saturated carbocycles. The zero-order valence-electron chi connectivity index (χ0n) is 10.3. The van der Waals surface area contributed by atoms with Crippen LogP contribution in [0.2, 0.25) is 0 Å². The van der Waals surface area contributed by atoms with Gasteiger partial charge in [0.1, 0.15) is 0 Å². The summed E-state index contributed by atoms with van der Waals surface area (Å²) in [4.78, 5) is 12.2. The van der Waals surface area contributed by atoms with Gasteiger partial charge in [0, 0.05) is 17.2 Å². The first-order chi connectivity index (χ1) is 8.81. The molecule has 0 radical (unpaired) electrons. The van der Waals surface area contributed by atoms with Crippen LogP contribution in [0.5, 0.6) is 0 Å². The van der Waals surface area contributed by atoms with Crippen molar-refractivity contribution in [2.24, 2.45) is 5.16 Å². The van der Waals surface area contributed by atoms with Gasteiger partial charge in [0.15, 0.2) is 0 Å². The lowest BCUT2D eigenvalue weighted by atomic mass is 9.95. The molecule has 0 aromatic heterocycles. The van der Waals surface area contributed by atoms with Gasteiger partial charge in [-0.1, -0.05) is 42.6 Å². The largest absolute Gasteiger partial charge is 0.411 e. The summed E-state index contributed by atoms with van der Waals surface area (Å²) in [7, 11) is 0. The van der Waals surface area contributed by atoms with Crippen LogP contribution in [-0.2, 0) is 0 Å². The summed E-state index contributed by atoms with van der Waals surface area (Å²) in [5.41, 5.74) is 1.19. The maximum atomic E-state index is 12.2. The lowest BCUT2D eigenvalue weighted by molar-refractivity contribution is 0.0927. The van der Waals surface area contributed by atoms with E-state index in [1.807, 2.05) is 12.1 Å². The number of carbonyl (C=O) groups is 1. The van der Waals surface area contributed by atoms with Crippen molar-refractivity contribution >= 4 is 12.1 Å². The second-order valence-corrected chi connectivity index (χ2v) is 4.64. The topological polar surface area (TPSA) is 61.7 Å². The highest BCUT2D eigenvalue weighted by Crippen LogP contribution is 2.18. The molecule has 1 amide bonds. The third-order valence-electron chi connectivity index (χ3n) is 3.34. The Kier molecular flexibility index (Phi) is 4.34. The van der Waals surface area contributed by atoms with Crippen LogP contribution in [0.15, 0.2) is 29.4 Å². The summed E-state index contributed by atoms with van der Waals surface area (Å²) < 4.78 is 0. The predicted molar refractivity (Wildman–Crippen MR) is 70.2 cm³/mol. The summed E-state index contributed by atoms with van der Waals surface area (Å²) in [6.45, 7) is 0. The maximum absolute atomic E-state index is 12.2. The molecule has 2 rings (SSSR count). The number of amides is 1. The molecular weight excluding hydrogens is 228 g/mol. The minimum Gasteiger partial charge on any atom is -0.411 e. The average Bonchev–Trinajstić information content (AvgIpc) is 2.41. The van der Waals surface area contributed by atoms with E-state index in [0.29, 0.717) is 11.1 Å². The van der Waals surface area contributed by atoms with Gasteiger partial charge in [-0.25, -0.2) is 0 Å². The van der Waals surface area contributed by atoms with Gasteiger partial charge in [0.25, 0.3) is 5.91 Å². The van der Waals surface area contributed by atoms with E-state index in [1.54, 1.807) is 12.1 Å². The zero-order chi connectivity index (χ0) is 12.8. The van der Waals surface area contributed by atoms with Crippen LogP contribution in [0.1, 0.15) is 48.0 Å². The molecule has 0 unspecified atom stereocenters. The molecule has 1 fully saturated rings. The average molecular weight is 246 g/mol. The minimum atomic E-state index is -0.0857. The van der Waals surface area contributed by atoms with Gasteiger partial charge in [-0.3, -0.25) is 4.79 Å². The first-order valence-electron chi connectivity index (χ1n) is 6.38. The molecule has 0 aliphatic heterocycles. The summed E-state index contributed by atoms with van der Waals surface area (Å²) in [5.74, 6) is -0.0857. The number of oxime groups is 1. The van der Waals surface area contributed by atoms with Gasteiger partial charge < -0.3 is 10.5 Å². The molecule has 96 valence electrons. The van der Waals surface area contributed by atoms with Crippen LogP contribution in [0, 0.1) is 0 Å². The van der Waals surface area contributed by atoms with E-state index in [9.17, 15) is 4.79 Å². The Labute approximate surface area is 107 Å². The summed E-state index contributed by atoms with van der Waals surface area (Å²) in [6, 6.07) is 7.41. The van der Waals surface area contributed by atoms with Crippen molar-refractivity contribution in [3.8, 4) is 0 Å². The fourth-order valence-electron chi connectivity index (χ4n) is 2.39. The Morgan fingerprint density at radius 2 is 2.00 bits per heavy atom. The molecule has 4 heteroatoms. The van der Waals surface area contributed by atoms with Crippen LogP contribution in [0.4, 0.5) is 0 Å². The van der Waals surface area contributed by atoms with Gasteiger partial charge in [-0.2, -0.15) is 0 Å². The third kappa shape index (κ3) is 3.09. The van der Waals surface area contributed by atoms with Gasteiger partial charge in [-0.15, -0.1) is 0 Å². The van der Waals surface area contributed by atoms with Crippen LogP contribution in [0.25, 0.3) is 0 Å². The molecule has 1 aromatic rings. The SMILES string of the molecule is O=C(NC1CCCCC1)c1ccccc1C=NO. The van der Waals surface area contributed by atoms with Gasteiger partial charge in [0.2, 0.25) is 0 Å². The second-order valence-electron chi connectivity index (χ2n) is 4.64. The maximum Gasteiger partial charge on any atom is 0.252 e. The number of hydrogen-bond acceptors (Lipinski definition) is 3. The number of nitrogens with one attached hydrogen (secondary N) is 1. The number of hydrogen-bond donors (Lipinski definition) is 2. The van der Waals surface area contributed by atoms with E-state index in [1.165, 1.54) is 25.5 Å². The number of rotatable bonds is 3. The Bertz CT molecular complexity index is 437. The quantitative estimate of drug-likeness (QED) is 0.489. The molecule has 0 bridgehead atoms. The van der Waals surface area contributed by atoms with E-state index >= 15 is 0 Å². The van der Waals surface area contributed by atoms with Crippen molar-refractivity contribution in [3.63, 3.8) is 0 Å². The lowest BCUT2D eigenvalue weighted by Gasteiger charge is -2.23. The Hall–Kier alpha value is -1.84. The van der Waals surface area contributed by atoms with Crippen molar-refractivity contribution in [1.29, 1.82) is 0 Å². The van der Waals surface area contributed by atoms with E-state index < -0.39 is 0 Å². The lowest BCUT2D eigenvalue weighted by Crippen LogP contribution is -2.36. The minimum absolute atomic E-state index is 0.0857. The van der Waals surface area contributed by atoms with Gasteiger partial charge >= 0.3 is 0 Å². The summed E-state index contributed by atoms with van der Waals surface area (Å²) in [5, 5.41) is 14.6. The molecule has 0 atom stereocenters. The molecule has 4 nitrogen and oxygen atoms in total. The molecule has 0 spiro atoms.